The number of carbonyl (C=O) groups excluding carboxylic acids is 3. The van der Waals surface area contributed by atoms with Gasteiger partial charge in [-0.2, -0.15) is 0 Å². The van der Waals surface area contributed by atoms with Gasteiger partial charge in [-0.15, -0.1) is 0 Å². The SMILES string of the molecule is CC1NCCCC1NC(=O)CCC(=O)N1CC(=O)Nc2ccccc21. The highest BCUT2D eigenvalue weighted by molar-refractivity contribution is 6.10. The Labute approximate surface area is 147 Å². The van der Waals surface area contributed by atoms with Gasteiger partial charge in [-0.25, -0.2) is 0 Å². The van der Waals surface area contributed by atoms with Gasteiger partial charge in [0.15, 0.2) is 0 Å². The van der Waals surface area contributed by atoms with Crippen molar-refractivity contribution in [3.8, 4) is 0 Å². The third-order valence-corrected chi connectivity index (χ3v) is 4.75. The molecule has 2 unspecified atom stereocenters. The quantitative estimate of drug-likeness (QED) is 0.760. The molecule has 2 aliphatic rings. The predicted octanol–water partition coefficient (Wildman–Crippen LogP) is 1.01. The molecular weight excluding hydrogens is 320 g/mol. The van der Waals surface area contributed by atoms with E-state index < -0.39 is 0 Å². The summed E-state index contributed by atoms with van der Waals surface area (Å²) in [5.74, 6) is -0.561. The first-order valence-corrected chi connectivity index (χ1v) is 8.76. The van der Waals surface area contributed by atoms with Gasteiger partial charge in [0.25, 0.3) is 0 Å². The minimum atomic E-state index is -0.224. The van der Waals surface area contributed by atoms with E-state index in [2.05, 4.69) is 22.9 Å². The van der Waals surface area contributed by atoms with Gasteiger partial charge in [0.05, 0.1) is 11.4 Å². The molecule has 134 valence electrons. The molecule has 1 aromatic carbocycles. The van der Waals surface area contributed by atoms with Gasteiger partial charge in [-0.1, -0.05) is 12.1 Å². The largest absolute Gasteiger partial charge is 0.352 e. The van der Waals surface area contributed by atoms with Gasteiger partial charge in [0.1, 0.15) is 6.54 Å². The van der Waals surface area contributed by atoms with Crippen LogP contribution in [0.1, 0.15) is 32.6 Å². The number of rotatable bonds is 4. The van der Waals surface area contributed by atoms with Crippen LogP contribution in [0.25, 0.3) is 0 Å². The Bertz CT molecular complexity index is 676. The molecule has 2 aliphatic heterocycles. The van der Waals surface area contributed by atoms with Crippen molar-refractivity contribution in [3.63, 3.8) is 0 Å². The van der Waals surface area contributed by atoms with E-state index in [1.54, 1.807) is 18.2 Å². The molecule has 0 aliphatic carbocycles. The lowest BCUT2D eigenvalue weighted by Gasteiger charge is -2.31. The smallest absolute Gasteiger partial charge is 0.244 e. The van der Waals surface area contributed by atoms with Crippen molar-refractivity contribution in [1.29, 1.82) is 0 Å². The number of para-hydroxylation sites is 2. The monoisotopic (exact) mass is 344 g/mol. The second-order valence-electron chi connectivity index (χ2n) is 6.60. The van der Waals surface area contributed by atoms with Crippen LogP contribution < -0.4 is 20.9 Å². The van der Waals surface area contributed by atoms with Crippen LogP contribution in [0.15, 0.2) is 24.3 Å². The maximum Gasteiger partial charge on any atom is 0.244 e. The zero-order valence-electron chi connectivity index (χ0n) is 14.4. The third-order valence-electron chi connectivity index (χ3n) is 4.75. The number of benzene rings is 1. The molecule has 0 radical (unpaired) electrons. The second-order valence-corrected chi connectivity index (χ2v) is 6.60. The normalized spacial score (nSPS) is 22.8. The van der Waals surface area contributed by atoms with Gasteiger partial charge in [0, 0.05) is 24.9 Å². The average Bonchev–Trinajstić information content (AvgIpc) is 2.61. The first-order valence-electron chi connectivity index (χ1n) is 8.76. The third kappa shape index (κ3) is 4.17. The summed E-state index contributed by atoms with van der Waals surface area (Å²) in [7, 11) is 0. The Morgan fingerprint density at radius 1 is 1.28 bits per heavy atom. The van der Waals surface area contributed by atoms with Crippen LogP contribution in [0.3, 0.4) is 0 Å². The molecule has 2 heterocycles. The summed E-state index contributed by atoms with van der Waals surface area (Å²) in [6, 6.07) is 7.53. The Kier molecular flexibility index (Phi) is 5.33. The first kappa shape index (κ1) is 17.4. The summed E-state index contributed by atoms with van der Waals surface area (Å²) >= 11 is 0. The number of fused-ring (bicyclic) bond motifs is 1. The summed E-state index contributed by atoms with van der Waals surface area (Å²) in [5.41, 5.74) is 1.30. The number of hydrogen-bond donors (Lipinski definition) is 3. The highest BCUT2D eigenvalue weighted by atomic mass is 16.2. The molecule has 1 fully saturated rings. The van der Waals surface area contributed by atoms with E-state index in [1.165, 1.54) is 4.90 Å². The van der Waals surface area contributed by atoms with Gasteiger partial charge in [-0.05, 0) is 38.4 Å². The summed E-state index contributed by atoms with van der Waals surface area (Å²) in [6.07, 6.45) is 2.20. The van der Waals surface area contributed by atoms with Crippen molar-refractivity contribution in [2.45, 2.75) is 44.7 Å². The molecule has 1 saturated heterocycles. The van der Waals surface area contributed by atoms with E-state index >= 15 is 0 Å². The van der Waals surface area contributed by atoms with Crippen molar-refractivity contribution in [3.05, 3.63) is 24.3 Å². The molecule has 7 nitrogen and oxygen atoms in total. The zero-order valence-corrected chi connectivity index (χ0v) is 14.4. The summed E-state index contributed by atoms with van der Waals surface area (Å²) in [5, 5.41) is 9.09. The van der Waals surface area contributed by atoms with Gasteiger partial charge in [0.2, 0.25) is 17.7 Å². The lowest BCUT2D eigenvalue weighted by atomic mass is 9.99. The fourth-order valence-electron chi connectivity index (χ4n) is 3.33. The number of anilines is 2. The molecule has 0 bridgehead atoms. The second kappa shape index (κ2) is 7.65. The number of carbonyl (C=O) groups is 3. The van der Waals surface area contributed by atoms with E-state index in [4.69, 9.17) is 0 Å². The van der Waals surface area contributed by atoms with E-state index in [0.717, 1.165) is 19.4 Å². The molecule has 3 N–H and O–H groups in total. The Balaban J connectivity index is 1.56. The van der Waals surface area contributed by atoms with Crippen LogP contribution >= 0.6 is 0 Å². The van der Waals surface area contributed by atoms with Crippen molar-refractivity contribution < 1.29 is 14.4 Å². The fourth-order valence-corrected chi connectivity index (χ4v) is 3.33. The molecule has 3 rings (SSSR count). The number of piperidine rings is 1. The summed E-state index contributed by atoms with van der Waals surface area (Å²) in [4.78, 5) is 37.9. The van der Waals surface area contributed by atoms with E-state index in [0.29, 0.717) is 11.4 Å². The fraction of sp³-hybridized carbons (Fsp3) is 0.500. The molecule has 2 atom stereocenters. The average molecular weight is 344 g/mol. The van der Waals surface area contributed by atoms with Crippen molar-refractivity contribution in [2.24, 2.45) is 0 Å². The number of hydrogen-bond acceptors (Lipinski definition) is 4. The highest BCUT2D eigenvalue weighted by Gasteiger charge is 2.27. The zero-order chi connectivity index (χ0) is 17.8. The maximum absolute atomic E-state index is 12.5. The lowest BCUT2D eigenvalue weighted by molar-refractivity contribution is -0.126. The molecular formula is C18H24N4O3. The van der Waals surface area contributed by atoms with Crippen molar-refractivity contribution in [1.82, 2.24) is 10.6 Å². The van der Waals surface area contributed by atoms with Crippen LogP contribution in [-0.2, 0) is 14.4 Å². The Hall–Kier alpha value is -2.41. The van der Waals surface area contributed by atoms with Crippen LogP contribution in [0.2, 0.25) is 0 Å². The van der Waals surface area contributed by atoms with E-state index in [-0.39, 0.29) is 49.2 Å². The van der Waals surface area contributed by atoms with Crippen LogP contribution in [0.4, 0.5) is 11.4 Å². The van der Waals surface area contributed by atoms with Crippen LogP contribution in [-0.4, -0.2) is 42.9 Å². The molecule has 25 heavy (non-hydrogen) atoms. The van der Waals surface area contributed by atoms with Gasteiger partial charge >= 0.3 is 0 Å². The summed E-state index contributed by atoms with van der Waals surface area (Å²) in [6.45, 7) is 3.02. The topological polar surface area (TPSA) is 90.5 Å². The van der Waals surface area contributed by atoms with Crippen LogP contribution in [0.5, 0.6) is 0 Å². The Morgan fingerprint density at radius 2 is 2.08 bits per heavy atom. The van der Waals surface area contributed by atoms with Crippen LogP contribution in [0, 0.1) is 0 Å². The summed E-state index contributed by atoms with van der Waals surface area (Å²) < 4.78 is 0. The molecule has 1 aromatic rings. The first-order chi connectivity index (χ1) is 12.0. The number of nitrogens with zero attached hydrogens (tertiary/aromatic N) is 1. The van der Waals surface area contributed by atoms with Gasteiger partial charge < -0.3 is 20.9 Å². The molecule has 0 aromatic heterocycles. The van der Waals surface area contributed by atoms with E-state index in [1.807, 2.05) is 6.07 Å². The van der Waals surface area contributed by atoms with Crippen molar-refractivity contribution >= 4 is 29.1 Å². The Morgan fingerprint density at radius 3 is 2.88 bits per heavy atom. The molecule has 3 amide bonds. The minimum Gasteiger partial charge on any atom is -0.352 e. The number of nitrogens with one attached hydrogen (secondary N) is 3. The van der Waals surface area contributed by atoms with Crippen molar-refractivity contribution in [2.75, 3.05) is 23.3 Å². The highest BCUT2D eigenvalue weighted by Crippen LogP contribution is 2.29. The maximum atomic E-state index is 12.5. The van der Waals surface area contributed by atoms with E-state index in [9.17, 15) is 14.4 Å². The predicted molar refractivity (Wildman–Crippen MR) is 95.3 cm³/mol. The van der Waals surface area contributed by atoms with Gasteiger partial charge in [-0.3, -0.25) is 14.4 Å². The molecule has 0 spiro atoms. The molecule has 7 heteroatoms. The lowest BCUT2D eigenvalue weighted by Crippen LogP contribution is -2.52. The standard InChI is InChI=1S/C18H24N4O3/c1-12-13(6-4-10-19-12)20-16(23)8-9-18(25)22-11-17(24)21-14-5-2-3-7-15(14)22/h2-3,5,7,12-13,19H,4,6,8-11H2,1H3,(H,20,23)(H,21,24). The molecule has 0 saturated carbocycles. The minimum absolute atomic E-state index is 0.0129. The number of amides is 3.